The number of nitrogens with zero attached hydrogens (tertiary/aromatic N) is 3. The summed E-state index contributed by atoms with van der Waals surface area (Å²) in [5.41, 5.74) is 2.54. The molecule has 90 valence electrons. The Morgan fingerprint density at radius 2 is 2.38 bits per heavy atom. The number of hydrogen-bond donors (Lipinski definition) is 2. The van der Waals surface area contributed by atoms with E-state index >= 15 is 0 Å². The molecule has 1 saturated heterocycles. The van der Waals surface area contributed by atoms with Crippen LogP contribution in [-0.2, 0) is 6.54 Å². The summed E-state index contributed by atoms with van der Waals surface area (Å²) in [6.07, 6.45) is 5.20. The van der Waals surface area contributed by atoms with E-state index in [4.69, 9.17) is 5.84 Å². The highest BCUT2D eigenvalue weighted by molar-refractivity contribution is 7.15. The number of hydrogen-bond acceptors (Lipinski definition) is 6. The van der Waals surface area contributed by atoms with Crippen molar-refractivity contribution >= 4 is 16.5 Å². The van der Waals surface area contributed by atoms with Gasteiger partial charge in [0.2, 0.25) is 5.13 Å². The van der Waals surface area contributed by atoms with Gasteiger partial charge in [-0.25, -0.2) is 5.84 Å². The minimum Gasteiger partial charge on any atom is -0.298 e. The number of nitrogens with one attached hydrogen (secondary N) is 1. The van der Waals surface area contributed by atoms with Crippen molar-refractivity contribution in [1.29, 1.82) is 0 Å². The van der Waals surface area contributed by atoms with Crippen LogP contribution in [0.1, 0.15) is 37.6 Å². The van der Waals surface area contributed by atoms with Crippen LogP contribution in [0.2, 0.25) is 0 Å². The second kappa shape index (κ2) is 5.56. The van der Waals surface area contributed by atoms with E-state index in [-0.39, 0.29) is 0 Å². The number of nitrogens with two attached hydrogens (primary N) is 1. The first-order chi connectivity index (χ1) is 7.83. The third-order valence-electron chi connectivity index (χ3n) is 3.15. The zero-order valence-electron chi connectivity index (χ0n) is 9.65. The highest BCUT2D eigenvalue weighted by atomic mass is 32.1. The van der Waals surface area contributed by atoms with E-state index in [0.29, 0.717) is 11.2 Å². The first-order valence-electron chi connectivity index (χ1n) is 5.86. The third kappa shape index (κ3) is 2.69. The van der Waals surface area contributed by atoms with Gasteiger partial charge in [-0.2, -0.15) is 0 Å². The standard InChI is InChI=1S/C10H19N5S/c1-2-8-5-3-4-6-15(8)7-9-13-14-10(12-11)16-9/h8H,2-7,11H2,1H3,(H,12,14). The topological polar surface area (TPSA) is 67.1 Å². The molecule has 16 heavy (non-hydrogen) atoms. The van der Waals surface area contributed by atoms with Gasteiger partial charge in [-0.3, -0.25) is 10.3 Å². The van der Waals surface area contributed by atoms with Crippen molar-refractivity contribution in [3.8, 4) is 0 Å². The highest BCUT2D eigenvalue weighted by Gasteiger charge is 2.21. The molecule has 6 heteroatoms. The van der Waals surface area contributed by atoms with Crippen LogP contribution in [0.25, 0.3) is 0 Å². The quantitative estimate of drug-likeness (QED) is 0.619. The number of hydrazine groups is 1. The smallest absolute Gasteiger partial charge is 0.219 e. The van der Waals surface area contributed by atoms with Gasteiger partial charge in [0.15, 0.2) is 0 Å². The molecule has 1 aromatic heterocycles. The maximum Gasteiger partial charge on any atom is 0.219 e. The average molecular weight is 241 g/mol. The molecule has 0 aliphatic carbocycles. The predicted octanol–water partition coefficient (Wildman–Crippen LogP) is 1.59. The fourth-order valence-electron chi connectivity index (χ4n) is 2.28. The molecule has 1 aliphatic rings. The van der Waals surface area contributed by atoms with Crippen molar-refractivity contribution in [2.45, 2.75) is 45.2 Å². The molecule has 1 fully saturated rings. The first kappa shape index (κ1) is 11.8. The number of piperidine rings is 1. The number of rotatable bonds is 4. The Morgan fingerprint density at radius 1 is 1.50 bits per heavy atom. The lowest BCUT2D eigenvalue weighted by molar-refractivity contribution is 0.136. The van der Waals surface area contributed by atoms with Crippen molar-refractivity contribution in [2.24, 2.45) is 5.84 Å². The second-order valence-electron chi connectivity index (χ2n) is 4.17. The van der Waals surface area contributed by atoms with Crippen molar-refractivity contribution < 1.29 is 0 Å². The summed E-state index contributed by atoms with van der Waals surface area (Å²) in [5, 5.41) is 9.83. The van der Waals surface area contributed by atoms with Crippen molar-refractivity contribution in [2.75, 3.05) is 12.0 Å². The Bertz CT molecular complexity index is 327. The summed E-state index contributed by atoms with van der Waals surface area (Å²) in [6, 6.07) is 0.715. The minimum absolute atomic E-state index is 0.694. The normalized spacial score (nSPS) is 22.2. The van der Waals surface area contributed by atoms with Gasteiger partial charge < -0.3 is 0 Å². The van der Waals surface area contributed by atoms with Gasteiger partial charge in [-0.1, -0.05) is 24.7 Å². The van der Waals surface area contributed by atoms with E-state index < -0.39 is 0 Å². The van der Waals surface area contributed by atoms with E-state index in [1.54, 1.807) is 0 Å². The molecule has 1 aromatic rings. The van der Waals surface area contributed by atoms with Crippen LogP contribution in [0.15, 0.2) is 0 Å². The molecule has 0 radical (unpaired) electrons. The van der Waals surface area contributed by atoms with E-state index in [1.165, 1.54) is 43.6 Å². The molecule has 0 aromatic carbocycles. The zero-order valence-corrected chi connectivity index (χ0v) is 10.5. The Labute approximate surface area is 100 Å². The summed E-state index contributed by atoms with van der Waals surface area (Å²) >= 11 is 1.54. The van der Waals surface area contributed by atoms with Gasteiger partial charge in [-0.15, -0.1) is 10.2 Å². The van der Waals surface area contributed by atoms with E-state index in [0.717, 1.165) is 11.6 Å². The monoisotopic (exact) mass is 241 g/mol. The molecule has 0 spiro atoms. The van der Waals surface area contributed by atoms with Gasteiger partial charge in [0.1, 0.15) is 5.01 Å². The number of likely N-dealkylation sites (tertiary alicyclic amines) is 1. The van der Waals surface area contributed by atoms with E-state index in [2.05, 4.69) is 27.4 Å². The summed E-state index contributed by atoms with van der Waals surface area (Å²) in [4.78, 5) is 2.52. The number of nitrogen functional groups attached to an aromatic ring is 1. The third-order valence-corrected chi connectivity index (χ3v) is 3.99. The lowest BCUT2D eigenvalue weighted by Crippen LogP contribution is -2.38. The van der Waals surface area contributed by atoms with Crippen LogP contribution in [0.5, 0.6) is 0 Å². The molecular weight excluding hydrogens is 222 g/mol. The number of anilines is 1. The van der Waals surface area contributed by atoms with E-state index in [9.17, 15) is 0 Å². The van der Waals surface area contributed by atoms with Gasteiger partial charge >= 0.3 is 0 Å². The molecule has 1 unspecified atom stereocenters. The van der Waals surface area contributed by atoms with Crippen LogP contribution >= 0.6 is 11.3 Å². The molecule has 0 amide bonds. The van der Waals surface area contributed by atoms with Crippen molar-refractivity contribution in [3.63, 3.8) is 0 Å². The fraction of sp³-hybridized carbons (Fsp3) is 0.800. The largest absolute Gasteiger partial charge is 0.298 e. The van der Waals surface area contributed by atoms with Crippen LogP contribution in [0.4, 0.5) is 5.13 Å². The molecule has 5 nitrogen and oxygen atoms in total. The Morgan fingerprint density at radius 3 is 3.06 bits per heavy atom. The fourth-order valence-corrected chi connectivity index (χ4v) is 2.96. The molecule has 0 saturated carbocycles. The SMILES string of the molecule is CCC1CCCCN1Cc1nnc(NN)s1. The van der Waals surface area contributed by atoms with Gasteiger partial charge in [-0.05, 0) is 25.8 Å². The van der Waals surface area contributed by atoms with Crippen LogP contribution in [-0.4, -0.2) is 27.7 Å². The summed E-state index contributed by atoms with van der Waals surface area (Å²) < 4.78 is 0. The number of aromatic nitrogens is 2. The Balaban J connectivity index is 1.96. The Hall–Kier alpha value is -0.720. The molecule has 3 N–H and O–H groups in total. The maximum atomic E-state index is 5.29. The van der Waals surface area contributed by atoms with Gasteiger partial charge in [0.25, 0.3) is 0 Å². The van der Waals surface area contributed by atoms with Crippen LogP contribution < -0.4 is 11.3 Å². The van der Waals surface area contributed by atoms with E-state index in [1.807, 2.05) is 0 Å². The van der Waals surface area contributed by atoms with Crippen LogP contribution in [0.3, 0.4) is 0 Å². The molecule has 0 bridgehead atoms. The highest BCUT2D eigenvalue weighted by Crippen LogP contribution is 2.23. The Kier molecular flexibility index (Phi) is 4.09. The van der Waals surface area contributed by atoms with Crippen molar-refractivity contribution in [1.82, 2.24) is 15.1 Å². The second-order valence-corrected chi connectivity index (χ2v) is 5.24. The average Bonchev–Trinajstić information content (AvgIpc) is 2.77. The summed E-state index contributed by atoms with van der Waals surface area (Å²) in [5.74, 6) is 5.29. The molecule has 1 aliphatic heterocycles. The summed E-state index contributed by atoms with van der Waals surface area (Å²) in [6.45, 7) is 4.36. The first-order valence-corrected chi connectivity index (χ1v) is 6.68. The zero-order chi connectivity index (χ0) is 11.4. The lowest BCUT2D eigenvalue weighted by atomic mass is 10.0. The molecule has 2 heterocycles. The van der Waals surface area contributed by atoms with Crippen molar-refractivity contribution in [3.05, 3.63) is 5.01 Å². The molecule has 1 atom stereocenters. The molecule has 2 rings (SSSR count). The summed E-state index contributed by atoms with van der Waals surface area (Å²) in [7, 11) is 0. The predicted molar refractivity (Wildman–Crippen MR) is 66.1 cm³/mol. The van der Waals surface area contributed by atoms with Gasteiger partial charge in [0.05, 0.1) is 6.54 Å². The maximum absolute atomic E-state index is 5.29. The minimum atomic E-state index is 0.694. The van der Waals surface area contributed by atoms with Crippen LogP contribution in [0, 0.1) is 0 Å². The van der Waals surface area contributed by atoms with Gasteiger partial charge in [0, 0.05) is 6.04 Å². The lowest BCUT2D eigenvalue weighted by Gasteiger charge is -2.34. The molecular formula is C10H19N5S.